The molecule has 1 fully saturated rings. The highest BCUT2D eigenvalue weighted by molar-refractivity contribution is 9.10. The van der Waals surface area contributed by atoms with Crippen molar-refractivity contribution < 1.29 is 9.90 Å². The van der Waals surface area contributed by atoms with Crippen molar-refractivity contribution in [3.05, 3.63) is 34.3 Å². The van der Waals surface area contributed by atoms with Crippen LogP contribution in [0.25, 0.3) is 0 Å². The van der Waals surface area contributed by atoms with E-state index in [-0.39, 0.29) is 6.04 Å². The zero-order valence-electron chi connectivity index (χ0n) is 11.2. The Labute approximate surface area is 122 Å². The van der Waals surface area contributed by atoms with E-state index in [2.05, 4.69) is 39.9 Å². The highest BCUT2D eigenvalue weighted by Crippen LogP contribution is 2.27. The molecule has 1 aromatic carbocycles. The van der Waals surface area contributed by atoms with Crippen molar-refractivity contribution >= 4 is 21.9 Å². The summed E-state index contributed by atoms with van der Waals surface area (Å²) in [6.07, 6.45) is 2.96. The summed E-state index contributed by atoms with van der Waals surface area (Å²) in [5, 5.41) is 9.40. The highest BCUT2D eigenvalue weighted by atomic mass is 79.9. The lowest BCUT2D eigenvalue weighted by atomic mass is 9.88. The molecule has 2 unspecified atom stereocenters. The Morgan fingerprint density at radius 3 is 2.95 bits per heavy atom. The van der Waals surface area contributed by atoms with E-state index >= 15 is 0 Å². The lowest BCUT2D eigenvalue weighted by Gasteiger charge is -2.37. The summed E-state index contributed by atoms with van der Waals surface area (Å²) in [5.74, 6) is -0.131. The molecule has 1 aliphatic rings. The first-order valence-electron chi connectivity index (χ1n) is 6.81. The van der Waals surface area contributed by atoms with E-state index in [1.807, 2.05) is 12.1 Å². The SMILES string of the molecule is CCC1CCN(Cc2cccc(Br)c2)C(C(=O)O)C1. The monoisotopic (exact) mass is 325 g/mol. The molecule has 0 radical (unpaired) electrons. The molecule has 0 amide bonds. The van der Waals surface area contributed by atoms with Gasteiger partial charge in [-0.1, -0.05) is 41.4 Å². The Morgan fingerprint density at radius 1 is 1.53 bits per heavy atom. The van der Waals surface area contributed by atoms with Crippen molar-refractivity contribution in [1.29, 1.82) is 0 Å². The maximum atomic E-state index is 11.4. The van der Waals surface area contributed by atoms with Crippen LogP contribution in [-0.4, -0.2) is 28.6 Å². The molecule has 2 atom stereocenters. The van der Waals surface area contributed by atoms with E-state index in [0.29, 0.717) is 12.5 Å². The van der Waals surface area contributed by atoms with Crippen LogP contribution in [0.3, 0.4) is 0 Å². The second-order valence-corrected chi connectivity index (χ2v) is 6.17. The zero-order chi connectivity index (χ0) is 13.8. The molecule has 3 nitrogen and oxygen atoms in total. The predicted molar refractivity (Wildman–Crippen MR) is 79.0 cm³/mol. The van der Waals surface area contributed by atoms with Gasteiger partial charge in [0, 0.05) is 11.0 Å². The van der Waals surface area contributed by atoms with Gasteiger partial charge in [0.25, 0.3) is 0 Å². The van der Waals surface area contributed by atoms with Crippen LogP contribution in [0.1, 0.15) is 31.7 Å². The topological polar surface area (TPSA) is 40.5 Å². The Hall–Kier alpha value is -0.870. The number of halogens is 1. The third-order valence-corrected chi connectivity index (χ3v) is 4.45. The molecule has 1 aromatic rings. The van der Waals surface area contributed by atoms with Crippen LogP contribution in [-0.2, 0) is 11.3 Å². The smallest absolute Gasteiger partial charge is 0.320 e. The van der Waals surface area contributed by atoms with E-state index in [1.165, 1.54) is 0 Å². The molecular weight excluding hydrogens is 306 g/mol. The minimum Gasteiger partial charge on any atom is -0.480 e. The normalized spacial score (nSPS) is 24.3. The maximum Gasteiger partial charge on any atom is 0.320 e. The van der Waals surface area contributed by atoms with Gasteiger partial charge in [0.1, 0.15) is 6.04 Å². The number of aliphatic carboxylic acids is 1. The lowest BCUT2D eigenvalue weighted by Crippen LogP contribution is -2.46. The van der Waals surface area contributed by atoms with Crippen LogP contribution >= 0.6 is 15.9 Å². The van der Waals surface area contributed by atoms with Gasteiger partial charge in [0.05, 0.1) is 0 Å². The molecule has 4 heteroatoms. The zero-order valence-corrected chi connectivity index (χ0v) is 12.8. The van der Waals surface area contributed by atoms with Crippen LogP contribution in [0.2, 0.25) is 0 Å². The molecular formula is C15H20BrNO2. The van der Waals surface area contributed by atoms with Crippen molar-refractivity contribution in [2.45, 2.75) is 38.8 Å². The third kappa shape index (κ3) is 3.80. The van der Waals surface area contributed by atoms with Crippen molar-refractivity contribution in [3.8, 4) is 0 Å². The van der Waals surface area contributed by atoms with Crippen LogP contribution in [0.4, 0.5) is 0 Å². The Kier molecular flexibility index (Phi) is 4.99. The summed E-state index contributed by atoms with van der Waals surface area (Å²) in [4.78, 5) is 13.5. The van der Waals surface area contributed by atoms with E-state index in [0.717, 1.165) is 35.8 Å². The standard InChI is InChI=1S/C15H20BrNO2/c1-2-11-6-7-17(14(9-11)15(18)19)10-12-4-3-5-13(16)8-12/h3-5,8,11,14H,2,6-7,9-10H2,1H3,(H,18,19). The number of carboxylic acid groups (broad SMARTS) is 1. The van der Waals surface area contributed by atoms with E-state index in [4.69, 9.17) is 0 Å². The van der Waals surface area contributed by atoms with Gasteiger partial charge in [0.15, 0.2) is 0 Å². The number of carbonyl (C=O) groups is 1. The molecule has 0 aromatic heterocycles. The summed E-state index contributed by atoms with van der Waals surface area (Å²) < 4.78 is 1.04. The predicted octanol–water partition coefficient (Wildman–Crippen LogP) is 3.52. The first-order valence-corrected chi connectivity index (χ1v) is 7.60. The highest BCUT2D eigenvalue weighted by Gasteiger charge is 2.32. The minimum atomic E-state index is -0.687. The van der Waals surface area contributed by atoms with Gasteiger partial charge in [-0.15, -0.1) is 0 Å². The molecule has 0 spiro atoms. The summed E-state index contributed by atoms with van der Waals surface area (Å²) in [5.41, 5.74) is 1.16. The van der Waals surface area contributed by atoms with Gasteiger partial charge in [0.2, 0.25) is 0 Å². The van der Waals surface area contributed by atoms with E-state index < -0.39 is 5.97 Å². The average molecular weight is 326 g/mol. The summed E-state index contributed by atoms with van der Waals surface area (Å²) in [6, 6.07) is 7.76. The van der Waals surface area contributed by atoms with Crippen molar-refractivity contribution in [3.63, 3.8) is 0 Å². The molecule has 104 valence electrons. The quantitative estimate of drug-likeness (QED) is 0.920. The number of nitrogens with zero attached hydrogens (tertiary/aromatic N) is 1. The largest absolute Gasteiger partial charge is 0.480 e. The molecule has 1 saturated heterocycles. The number of rotatable bonds is 4. The second-order valence-electron chi connectivity index (χ2n) is 5.25. The fourth-order valence-corrected chi connectivity index (χ4v) is 3.22. The van der Waals surface area contributed by atoms with Crippen LogP contribution in [0.15, 0.2) is 28.7 Å². The Balaban J connectivity index is 2.07. The number of piperidine rings is 1. The maximum absolute atomic E-state index is 11.4. The average Bonchev–Trinajstić information content (AvgIpc) is 2.39. The first kappa shape index (κ1) is 14.5. The molecule has 0 saturated carbocycles. The van der Waals surface area contributed by atoms with Gasteiger partial charge in [-0.2, -0.15) is 0 Å². The molecule has 1 aliphatic heterocycles. The van der Waals surface area contributed by atoms with Gasteiger partial charge < -0.3 is 5.11 Å². The fraction of sp³-hybridized carbons (Fsp3) is 0.533. The number of benzene rings is 1. The van der Waals surface area contributed by atoms with Crippen molar-refractivity contribution in [1.82, 2.24) is 4.90 Å². The third-order valence-electron chi connectivity index (χ3n) is 3.96. The van der Waals surface area contributed by atoms with Crippen LogP contribution in [0, 0.1) is 5.92 Å². The molecule has 19 heavy (non-hydrogen) atoms. The Morgan fingerprint density at radius 2 is 2.32 bits per heavy atom. The first-order chi connectivity index (χ1) is 9.10. The number of carboxylic acids is 1. The number of hydrogen-bond donors (Lipinski definition) is 1. The van der Waals surface area contributed by atoms with Gasteiger partial charge in [-0.05, 0) is 43.0 Å². The van der Waals surface area contributed by atoms with E-state index in [1.54, 1.807) is 0 Å². The molecule has 1 N–H and O–H groups in total. The van der Waals surface area contributed by atoms with Crippen molar-refractivity contribution in [2.24, 2.45) is 5.92 Å². The summed E-state index contributed by atoms with van der Waals surface area (Å²) in [6.45, 7) is 3.74. The number of hydrogen-bond acceptors (Lipinski definition) is 2. The fourth-order valence-electron chi connectivity index (χ4n) is 2.77. The van der Waals surface area contributed by atoms with Gasteiger partial charge >= 0.3 is 5.97 Å². The second kappa shape index (κ2) is 6.53. The lowest BCUT2D eigenvalue weighted by molar-refractivity contribution is -0.145. The van der Waals surface area contributed by atoms with Gasteiger partial charge in [-0.3, -0.25) is 9.69 Å². The minimum absolute atomic E-state index is 0.335. The van der Waals surface area contributed by atoms with Crippen molar-refractivity contribution in [2.75, 3.05) is 6.54 Å². The Bertz CT molecular complexity index is 450. The molecule has 0 bridgehead atoms. The van der Waals surface area contributed by atoms with E-state index in [9.17, 15) is 9.90 Å². The van der Waals surface area contributed by atoms with Gasteiger partial charge in [-0.25, -0.2) is 0 Å². The number of likely N-dealkylation sites (tertiary alicyclic amines) is 1. The molecule has 0 aliphatic carbocycles. The van der Waals surface area contributed by atoms with Crippen LogP contribution in [0.5, 0.6) is 0 Å². The van der Waals surface area contributed by atoms with Crippen LogP contribution < -0.4 is 0 Å². The summed E-state index contributed by atoms with van der Waals surface area (Å²) >= 11 is 3.46. The molecule has 2 rings (SSSR count). The summed E-state index contributed by atoms with van der Waals surface area (Å²) in [7, 11) is 0. The molecule has 1 heterocycles.